The van der Waals surface area contributed by atoms with Gasteiger partial charge in [-0.3, -0.25) is 4.79 Å². The van der Waals surface area contributed by atoms with E-state index >= 15 is 0 Å². The average molecular weight is 309 g/mol. The molecule has 0 atom stereocenters. The quantitative estimate of drug-likeness (QED) is 0.592. The van der Waals surface area contributed by atoms with Crippen LogP contribution in [0, 0.1) is 11.3 Å². The molecule has 108 valence electrons. The summed E-state index contributed by atoms with van der Waals surface area (Å²) < 4.78 is 1.68. The number of nitriles is 1. The number of para-hydroxylation sites is 1. The number of H-pyrrole nitrogens is 1. The molecule has 0 amide bonds. The molecule has 7 heteroatoms. The highest BCUT2D eigenvalue weighted by Crippen LogP contribution is 2.27. The molecule has 3 rings (SSSR count). The lowest BCUT2D eigenvalue weighted by molar-refractivity contribution is 0.877. The van der Waals surface area contributed by atoms with E-state index in [1.807, 2.05) is 36.6 Å². The number of thioether (sulfide) groups is 1. The zero-order valence-electron chi connectivity index (χ0n) is 11.6. The van der Waals surface area contributed by atoms with Gasteiger partial charge in [0.1, 0.15) is 11.6 Å². The highest BCUT2D eigenvalue weighted by Gasteiger charge is 2.16. The van der Waals surface area contributed by atoms with Crippen molar-refractivity contribution >= 4 is 11.8 Å². The van der Waals surface area contributed by atoms with E-state index in [1.54, 1.807) is 23.1 Å². The summed E-state index contributed by atoms with van der Waals surface area (Å²) in [5, 5.41) is 14.0. The van der Waals surface area contributed by atoms with Gasteiger partial charge in [0.05, 0.1) is 11.4 Å². The van der Waals surface area contributed by atoms with Crippen molar-refractivity contribution in [3.05, 3.63) is 58.6 Å². The van der Waals surface area contributed by atoms with Crippen LogP contribution in [-0.4, -0.2) is 26.0 Å². The summed E-state index contributed by atoms with van der Waals surface area (Å²) in [6.07, 6.45) is 5.28. The van der Waals surface area contributed by atoms with Crippen molar-refractivity contribution in [3.8, 4) is 23.0 Å². The Bertz CT molecular complexity index is 908. The van der Waals surface area contributed by atoms with Gasteiger partial charge in [-0.15, -0.1) is 0 Å². The molecule has 0 aliphatic heterocycles. The van der Waals surface area contributed by atoms with Crippen LogP contribution >= 0.6 is 11.8 Å². The molecule has 2 heterocycles. The fourth-order valence-corrected chi connectivity index (χ4v) is 2.51. The maximum atomic E-state index is 12.1. The van der Waals surface area contributed by atoms with Gasteiger partial charge in [0.2, 0.25) is 0 Å². The number of benzene rings is 1. The van der Waals surface area contributed by atoms with E-state index < -0.39 is 5.56 Å². The molecule has 0 bridgehead atoms. The van der Waals surface area contributed by atoms with Gasteiger partial charge in [-0.2, -0.15) is 10.4 Å². The van der Waals surface area contributed by atoms with Crippen LogP contribution in [-0.2, 0) is 0 Å². The zero-order valence-corrected chi connectivity index (χ0v) is 12.5. The second kappa shape index (κ2) is 5.87. The first kappa shape index (κ1) is 14.1. The highest BCUT2D eigenvalue weighted by molar-refractivity contribution is 7.98. The summed E-state index contributed by atoms with van der Waals surface area (Å²) >= 11 is 1.32. The number of hydrogen-bond acceptors (Lipinski definition) is 5. The molecule has 0 saturated heterocycles. The van der Waals surface area contributed by atoms with Crippen LogP contribution in [0.15, 0.2) is 52.7 Å². The summed E-state index contributed by atoms with van der Waals surface area (Å²) in [4.78, 5) is 19.1. The molecule has 0 spiro atoms. The van der Waals surface area contributed by atoms with Crippen LogP contribution in [0.25, 0.3) is 16.9 Å². The summed E-state index contributed by atoms with van der Waals surface area (Å²) in [7, 11) is 0. The number of nitrogens with one attached hydrogen (secondary N) is 1. The molecular formula is C15H11N5OS. The van der Waals surface area contributed by atoms with Crippen molar-refractivity contribution in [2.45, 2.75) is 5.16 Å². The summed E-state index contributed by atoms with van der Waals surface area (Å²) in [5.41, 5.74) is 1.37. The Labute approximate surface area is 130 Å². The first-order valence-corrected chi connectivity index (χ1v) is 7.65. The Kier molecular flexibility index (Phi) is 3.76. The van der Waals surface area contributed by atoms with Crippen molar-refractivity contribution < 1.29 is 0 Å². The number of nitrogens with zero attached hydrogens (tertiary/aromatic N) is 4. The first-order chi connectivity index (χ1) is 10.7. The molecule has 22 heavy (non-hydrogen) atoms. The zero-order chi connectivity index (χ0) is 15.5. The predicted molar refractivity (Wildman–Crippen MR) is 83.9 cm³/mol. The van der Waals surface area contributed by atoms with E-state index in [1.165, 1.54) is 11.8 Å². The van der Waals surface area contributed by atoms with Gasteiger partial charge in [0, 0.05) is 18.0 Å². The fourth-order valence-electron chi connectivity index (χ4n) is 2.13. The first-order valence-electron chi connectivity index (χ1n) is 6.42. The third kappa shape index (κ3) is 2.40. The van der Waals surface area contributed by atoms with Crippen molar-refractivity contribution in [2.75, 3.05) is 6.26 Å². The van der Waals surface area contributed by atoms with Crippen molar-refractivity contribution in [2.24, 2.45) is 0 Å². The van der Waals surface area contributed by atoms with Gasteiger partial charge in [0.25, 0.3) is 5.56 Å². The van der Waals surface area contributed by atoms with Crippen LogP contribution in [0.5, 0.6) is 0 Å². The molecule has 0 aliphatic rings. The predicted octanol–water partition coefficient (Wildman–Crippen LogP) is 2.22. The van der Waals surface area contributed by atoms with Gasteiger partial charge in [-0.1, -0.05) is 30.0 Å². The van der Waals surface area contributed by atoms with E-state index in [0.717, 1.165) is 5.69 Å². The maximum Gasteiger partial charge on any atom is 0.270 e. The Morgan fingerprint density at radius 3 is 2.82 bits per heavy atom. The van der Waals surface area contributed by atoms with E-state index in [9.17, 15) is 10.1 Å². The molecule has 0 fully saturated rings. The molecule has 2 aromatic heterocycles. The molecule has 0 radical (unpaired) electrons. The van der Waals surface area contributed by atoms with Gasteiger partial charge in [0.15, 0.2) is 5.16 Å². The largest absolute Gasteiger partial charge is 0.300 e. The van der Waals surface area contributed by atoms with Crippen LogP contribution in [0.3, 0.4) is 0 Å². The molecule has 1 aromatic carbocycles. The fraction of sp³-hybridized carbons (Fsp3) is 0.0667. The molecular weight excluding hydrogens is 298 g/mol. The third-order valence-electron chi connectivity index (χ3n) is 3.11. The minimum atomic E-state index is -0.438. The van der Waals surface area contributed by atoms with Crippen molar-refractivity contribution in [1.29, 1.82) is 5.26 Å². The highest BCUT2D eigenvalue weighted by atomic mass is 32.2. The smallest absolute Gasteiger partial charge is 0.270 e. The molecule has 0 saturated carbocycles. The van der Waals surface area contributed by atoms with Crippen LogP contribution in [0.1, 0.15) is 5.56 Å². The summed E-state index contributed by atoms with van der Waals surface area (Å²) in [6, 6.07) is 11.1. The maximum absolute atomic E-state index is 12.1. The number of aromatic amines is 1. The van der Waals surface area contributed by atoms with E-state index in [2.05, 4.69) is 15.1 Å². The van der Waals surface area contributed by atoms with Crippen LogP contribution in [0.2, 0.25) is 0 Å². The second-order valence-corrected chi connectivity index (χ2v) is 5.17. The van der Waals surface area contributed by atoms with E-state index in [0.29, 0.717) is 16.4 Å². The normalized spacial score (nSPS) is 10.4. The van der Waals surface area contributed by atoms with Crippen LogP contribution in [0.4, 0.5) is 0 Å². The second-order valence-electron chi connectivity index (χ2n) is 4.38. The minimum Gasteiger partial charge on any atom is -0.300 e. The Balaban J connectivity index is 2.32. The average Bonchev–Trinajstić information content (AvgIpc) is 3.08. The molecule has 1 N–H and O–H groups in total. The van der Waals surface area contributed by atoms with E-state index in [4.69, 9.17) is 0 Å². The molecule has 3 aromatic rings. The van der Waals surface area contributed by atoms with Gasteiger partial charge in [-0.05, 0) is 18.4 Å². The minimum absolute atomic E-state index is 0.00240. The summed E-state index contributed by atoms with van der Waals surface area (Å²) in [6.45, 7) is 0. The number of aromatic nitrogens is 4. The standard InChI is InChI=1S/C15H11N5OS/c1-22-15-18-13(11(9-16)14(21)19-15)10-5-2-3-6-12(10)20-8-4-7-17-20/h2-8H,1H3,(H,18,19,21). The van der Waals surface area contributed by atoms with Crippen molar-refractivity contribution in [3.63, 3.8) is 0 Å². The molecule has 0 aliphatic carbocycles. The Morgan fingerprint density at radius 1 is 1.32 bits per heavy atom. The van der Waals surface area contributed by atoms with Gasteiger partial charge < -0.3 is 4.98 Å². The van der Waals surface area contributed by atoms with Gasteiger partial charge in [-0.25, -0.2) is 9.67 Å². The number of rotatable bonds is 3. The lowest BCUT2D eigenvalue weighted by Gasteiger charge is -2.10. The molecule has 6 nitrogen and oxygen atoms in total. The molecule has 0 unspecified atom stereocenters. The SMILES string of the molecule is CSc1nc(-c2ccccc2-n2cccn2)c(C#N)c(=O)[nH]1. The Hall–Kier alpha value is -2.85. The lowest BCUT2D eigenvalue weighted by Crippen LogP contribution is -2.15. The Morgan fingerprint density at radius 2 is 2.14 bits per heavy atom. The van der Waals surface area contributed by atoms with Gasteiger partial charge >= 0.3 is 0 Å². The number of hydrogen-bond donors (Lipinski definition) is 1. The van der Waals surface area contributed by atoms with Crippen molar-refractivity contribution in [1.82, 2.24) is 19.7 Å². The summed E-state index contributed by atoms with van der Waals surface area (Å²) in [5.74, 6) is 0. The lowest BCUT2D eigenvalue weighted by atomic mass is 10.1. The topological polar surface area (TPSA) is 87.4 Å². The third-order valence-corrected chi connectivity index (χ3v) is 3.69. The van der Waals surface area contributed by atoms with E-state index in [-0.39, 0.29) is 5.56 Å². The van der Waals surface area contributed by atoms with Crippen LogP contribution < -0.4 is 5.56 Å². The monoisotopic (exact) mass is 309 g/mol.